The predicted molar refractivity (Wildman–Crippen MR) is 71.1 cm³/mol. The highest BCUT2D eigenvalue weighted by Crippen LogP contribution is 2.23. The molecule has 0 saturated heterocycles. The standard InChI is InChI=1S/C13H16N2OS/c1-9-3-2-4-10(5-9)12-8-17-13(15-12)6-11(14)7-16/h2-5,8,11,16H,6-7,14H2,1H3. The van der Waals surface area contributed by atoms with Crippen molar-refractivity contribution < 1.29 is 5.11 Å². The van der Waals surface area contributed by atoms with Gasteiger partial charge in [0, 0.05) is 23.4 Å². The van der Waals surface area contributed by atoms with E-state index in [9.17, 15) is 0 Å². The predicted octanol–water partition coefficient (Wildman–Crippen LogP) is 1.98. The van der Waals surface area contributed by atoms with E-state index in [2.05, 4.69) is 30.1 Å². The highest BCUT2D eigenvalue weighted by atomic mass is 32.1. The van der Waals surface area contributed by atoms with Crippen molar-refractivity contribution in [1.82, 2.24) is 4.98 Å². The maximum absolute atomic E-state index is 8.91. The molecule has 0 saturated carbocycles. The monoisotopic (exact) mass is 248 g/mol. The van der Waals surface area contributed by atoms with Gasteiger partial charge in [0.05, 0.1) is 17.3 Å². The van der Waals surface area contributed by atoms with Crippen LogP contribution < -0.4 is 5.73 Å². The smallest absolute Gasteiger partial charge is 0.0948 e. The third-order valence-electron chi connectivity index (χ3n) is 2.54. The third-order valence-corrected chi connectivity index (χ3v) is 3.41. The second kappa shape index (κ2) is 5.40. The van der Waals surface area contributed by atoms with Crippen LogP contribution in [0.1, 0.15) is 10.6 Å². The van der Waals surface area contributed by atoms with Crippen LogP contribution >= 0.6 is 11.3 Å². The van der Waals surface area contributed by atoms with Crippen LogP contribution in [0.4, 0.5) is 0 Å². The number of hydrogen-bond donors (Lipinski definition) is 2. The molecule has 0 amide bonds. The first-order chi connectivity index (χ1) is 8.19. The van der Waals surface area contributed by atoms with Crippen molar-refractivity contribution in [2.24, 2.45) is 5.73 Å². The topological polar surface area (TPSA) is 59.1 Å². The number of thiazole rings is 1. The Bertz CT molecular complexity index is 496. The molecule has 0 bridgehead atoms. The molecule has 0 radical (unpaired) electrons. The molecular weight excluding hydrogens is 232 g/mol. The molecular formula is C13H16N2OS. The lowest BCUT2D eigenvalue weighted by atomic mass is 10.1. The number of aliphatic hydroxyl groups is 1. The van der Waals surface area contributed by atoms with E-state index in [0.29, 0.717) is 6.42 Å². The Morgan fingerprint density at radius 1 is 1.47 bits per heavy atom. The van der Waals surface area contributed by atoms with Crippen LogP contribution in [-0.2, 0) is 6.42 Å². The molecule has 1 aromatic heterocycles. The van der Waals surface area contributed by atoms with Gasteiger partial charge < -0.3 is 10.8 Å². The quantitative estimate of drug-likeness (QED) is 0.870. The fourth-order valence-corrected chi connectivity index (χ4v) is 2.53. The molecule has 3 nitrogen and oxygen atoms in total. The number of benzene rings is 1. The summed E-state index contributed by atoms with van der Waals surface area (Å²) >= 11 is 1.59. The van der Waals surface area contributed by atoms with E-state index in [1.54, 1.807) is 11.3 Å². The van der Waals surface area contributed by atoms with Crippen molar-refractivity contribution >= 4 is 11.3 Å². The van der Waals surface area contributed by atoms with Crippen LogP contribution in [0.5, 0.6) is 0 Å². The van der Waals surface area contributed by atoms with Gasteiger partial charge in [-0.2, -0.15) is 0 Å². The Balaban J connectivity index is 2.18. The highest BCUT2D eigenvalue weighted by Gasteiger charge is 2.08. The van der Waals surface area contributed by atoms with Gasteiger partial charge in [0.15, 0.2) is 0 Å². The van der Waals surface area contributed by atoms with E-state index in [-0.39, 0.29) is 12.6 Å². The Labute approximate surface area is 105 Å². The van der Waals surface area contributed by atoms with E-state index < -0.39 is 0 Å². The van der Waals surface area contributed by atoms with Crippen molar-refractivity contribution in [3.63, 3.8) is 0 Å². The molecule has 90 valence electrons. The minimum absolute atomic E-state index is 0.000636. The summed E-state index contributed by atoms with van der Waals surface area (Å²) in [4.78, 5) is 4.54. The van der Waals surface area contributed by atoms with Crippen LogP contribution in [0.2, 0.25) is 0 Å². The van der Waals surface area contributed by atoms with Crippen molar-refractivity contribution in [1.29, 1.82) is 0 Å². The molecule has 1 atom stereocenters. The third kappa shape index (κ3) is 3.12. The number of rotatable bonds is 4. The summed E-state index contributed by atoms with van der Waals surface area (Å²) in [5.74, 6) is 0. The largest absolute Gasteiger partial charge is 0.395 e. The average molecular weight is 248 g/mol. The van der Waals surface area contributed by atoms with Gasteiger partial charge in [-0.1, -0.05) is 23.8 Å². The van der Waals surface area contributed by atoms with Crippen molar-refractivity contribution in [3.05, 3.63) is 40.2 Å². The maximum atomic E-state index is 8.91. The second-order valence-corrected chi connectivity index (χ2v) is 5.09. The van der Waals surface area contributed by atoms with Gasteiger partial charge in [-0.25, -0.2) is 4.98 Å². The van der Waals surface area contributed by atoms with Gasteiger partial charge in [0.2, 0.25) is 0 Å². The molecule has 1 aromatic carbocycles. The Morgan fingerprint density at radius 2 is 2.29 bits per heavy atom. The number of aromatic nitrogens is 1. The van der Waals surface area contributed by atoms with Crippen LogP contribution in [0.3, 0.4) is 0 Å². The molecule has 3 N–H and O–H groups in total. The SMILES string of the molecule is Cc1cccc(-c2csc(CC(N)CO)n2)c1. The second-order valence-electron chi connectivity index (χ2n) is 4.14. The number of nitrogens with zero attached hydrogens (tertiary/aromatic N) is 1. The molecule has 0 spiro atoms. The molecule has 1 unspecified atom stereocenters. The lowest BCUT2D eigenvalue weighted by Gasteiger charge is -2.03. The number of hydrogen-bond acceptors (Lipinski definition) is 4. The van der Waals surface area contributed by atoms with Crippen molar-refractivity contribution in [3.8, 4) is 11.3 Å². The summed E-state index contributed by atoms with van der Waals surface area (Å²) in [7, 11) is 0. The summed E-state index contributed by atoms with van der Waals surface area (Å²) in [5.41, 5.74) is 9.03. The van der Waals surface area contributed by atoms with Gasteiger partial charge in [-0.15, -0.1) is 11.3 Å². The Morgan fingerprint density at radius 3 is 3.00 bits per heavy atom. The van der Waals surface area contributed by atoms with Gasteiger partial charge in [0.25, 0.3) is 0 Å². The van der Waals surface area contributed by atoms with Crippen molar-refractivity contribution in [2.75, 3.05) is 6.61 Å². The first kappa shape index (κ1) is 12.2. The van der Waals surface area contributed by atoms with Crippen LogP contribution in [-0.4, -0.2) is 22.7 Å². The molecule has 0 aliphatic rings. The van der Waals surface area contributed by atoms with Crippen LogP contribution in [0, 0.1) is 6.92 Å². The summed E-state index contributed by atoms with van der Waals surface area (Å²) in [6, 6.07) is 8.05. The first-order valence-corrected chi connectivity index (χ1v) is 6.45. The van der Waals surface area contributed by atoms with E-state index in [1.807, 2.05) is 11.4 Å². The van der Waals surface area contributed by atoms with E-state index >= 15 is 0 Å². The van der Waals surface area contributed by atoms with E-state index in [1.165, 1.54) is 5.56 Å². The number of nitrogens with two attached hydrogens (primary N) is 1. The maximum Gasteiger partial charge on any atom is 0.0948 e. The Kier molecular flexibility index (Phi) is 3.89. The number of aliphatic hydroxyl groups excluding tert-OH is 1. The fourth-order valence-electron chi connectivity index (χ4n) is 1.63. The average Bonchev–Trinajstić information content (AvgIpc) is 2.77. The molecule has 4 heteroatoms. The Hall–Kier alpha value is -1.23. The van der Waals surface area contributed by atoms with Gasteiger partial charge >= 0.3 is 0 Å². The lowest BCUT2D eigenvalue weighted by Crippen LogP contribution is -2.26. The molecule has 17 heavy (non-hydrogen) atoms. The summed E-state index contributed by atoms with van der Waals surface area (Å²) in [6.07, 6.45) is 0.632. The van der Waals surface area contributed by atoms with Crippen LogP contribution in [0.25, 0.3) is 11.3 Å². The summed E-state index contributed by atoms with van der Waals surface area (Å²) in [5, 5.41) is 11.9. The first-order valence-electron chi connectivity index (χ1n) is 5.57. The van der Waals surface area contributed by atoms with Crippen molar-refractivity contribution in [2.45, 2.75) is 19.4 Å². The van der Waals surface area contributed by atoms with Gasteiger partial charge in [0.1, 0.15) is 0 Å². The van der Waals surface area contributed by atoms with E-state index in [4.69, 9.17) is 10.8 Å². The number of aryl methyl sites for hydroxylation is 1. The highest BCUT2D eigenvalue weighted by molar-refractivity contribution is 7.09. The molecule has 2 rings (SSSR count). The molecule has 0 aliphatic heterocycles. The molecule has 0 aliphatic carbocycles. The van der Waals surface area contributed by atoms with Crippen LogP contribution in [0.15, 0.2) is 29.6 Å². The van der Waals surface area contributed by atoms with E-state index in [0.717, 1.165) is 16.3 Å². The summed E-state index contributed by atoms with van der Waals surface area (Å²) in [6.45, 7) is 2.07. The zero-order valence-corrected chi connectivity index (χ0v) is 10.6. The fraction of sp³-hybridized carbons (Fsp3) is 0.308. The zero-order valence-electron chi connectivity index (χ0n) is 9.76. The van der Waals surface area contributed by atoms with Gasteiger partial charge in [-0.05, 0) is 13.0 Å². The minimum Gasteiger partial charge on any atom is -0.395 e. The lowest BCUT2D eigenvalue weighted by molar-refractivity contribution is 0.265. The molecule has 2 aromatic rings. The molecule has 0 fully saturated rings. The molecule has 1 heterocycles. The normalized spacial score (nSPS) is 12.6. The van der Waals surface area contributed by atoms with Gasteiger partial charge in [-0.3, -0.25) is 0 Å². The summed E-state index contributed by atoms with van der Waals surface area (Å²) < 4.78 is 0. The minimum atomic E-state index is -0.216. The zero-order chi connectivity index (χ0) is 12.3.